The van der Waals surface area contributed by atoms with Gasteiger partial charge in [-0.15, -0.1) is 0 Å². The molecule has 0 aliphatic heterocycles. The lowest BCUT2D eigenvalue weighted by Gasteiger charge is -2.09. The maximum Gasteiger partial charge on any atom is 0.277 e. The Morgan fingerprint density at radius 2 is 2.10 bits per heavy atom. The Balaban J connectivity index is 1.82. The summed E-state index contributed by atoms with van der Waals surface area (Å²) in [4.78, 5) is 11.6. The number of nitrogens with zero attached hydrogens (tertiary/aromatic N) is 1. The second kappa shape index (κ2) is 6.74. The monoisotopic (exact) mass is 286 g/mol. The van der Waals surface area contributed by atoms with Crippen LogP contribution in [0.3, 0.4) is 0 Å². The predicted octanol–water partition coefficient (Wildman–Crippen LogP) is 2.73. The summed E-state index contributed by atoms with van der Waals surface area (Å²) in [6.45, 7) is 5.71. The van der Waals surface area contributed by atoms with E-state index in [1.807, 2.05) is 45.0 Å². The van der Waals surface area contributed by atoms with Crippen LogP contribution in [-0.4, -0.2) is 18.7 Å². The van der Waals surface area contributed by atoms with Gasteiger partial charge in [-0.3, -0.25) is 4.79 Å². The molecule has 1 N–H and O–H groups in total. The Morgan fingerprint density at radius 3 is 2.81 bits per heavy atom. The fourth-order valence-corrected chi connectivity index (χ4v) is 1.75. The highest BCUT2D eigenvalue weighted by molar-refractivity contribution is 5.81. The average molecular weight is 286 g/mol. The van der Waals surface area contributed by atoms with Gasteiger partial charge in [-0.2, -0.15) is 5.10 Å². The first-order valence-electron chi connectivity index (χ1n) is 6.63. The van der Waals surface area contributed by atoms with Crippen molar-refractivity contribution in [3.8, 4) is 5.75 Å². The van der Waals surface area contributed by atoms with E-state index in [4.69, 9.17) is 9.15 Å². The van der Waals surface area contributed by atoms with Crippen LogP contribution in [0.4, 0.5) is 0 Å². The standard InChI is InChI=1S/C16H18N2O3/c1-11-5-4-6-15(13(11)3)20-10-16(19)18-17-9-14-8-7-12(2)21-14/h4-9H,10H2,1-3H3,(H,18,19)/b17-9-. The van der Waals surface area contributed by atoms with Crippen molar-refractivity contribution in [3.05, 3.63) is 53.0 Å². The molecule has 5 nitrogen and oxygen atoms in total. The molecule has 0 spiro atoms. The van der Waals surface area contributed by atoms with Gasteiger partial charge in [0.05, 0.1) is 6.21 Å². The number of rotatable bonds is 5. The largest absolute Gasteiger partial charge is 0.483 e. The lowest BCUT2D eigenvalue weighted by atomic mass is 10.1. The van der Waals surface area contributed by atoms with E-state index in [2.05, 4.69) is 10.5 Å². The molecule has 1 amide bonds. The number of nitrogens with one attached hydrogen (secondary N) is 1. The van der Waals surface area contributed by atoms with E-state index in [-0.39, 0.29) is 12.5 Å². The number of hydrogen-bond acceptors (Lipinski definition) is 4. The predicted molar refractivity (Wildman–Crippen MR) is 80.6 cm³/mol. The molecule has 2 aromatic rings. The van der Waals surface area contributed by atoms with Crippen molar-refractivity contribution < 1.29 is 13.9 Å². The molecule has 0 atom stereocenters. The summed E-state index contributed by atoms with van der Waals surface area (Å²) in [6, 6.07) is 9.33. The van der Waals surface area contributed by atoms with Crippen molar-refractivity contribution in [1.82, 2.24) is 5.43 Å². The molecule has 2 rings (SSSR count). The van der Waals surface area contributed by atoms with Crippen LogP contribution in [-0.2, 0) is 4.79 Å². The van der Waals surface area contributed by atoms with Crippen molar-refractivity contribution in [2.45, 2.75) is 20.8 Å². The Kier molecular flexibility index (Phi) is 4.77. The lowest BCUT2D eigenvalue weighted by Crippen LogP contribution is -2.24. The molecule has 0 aliphatic carbocycles. The van der Waals surface area contributed by atoms with Crippen LogP contribution in [0.25, 0.3) is 0 Å². The van der Waals surface area contributed by atoms with E-state index in [0.29, 0.717) is 11.5 Å². The van der Waals surface area contributed by atoms with Crippen LogP contribution < -0.4 is 10.2 Å². The lowest BCUT2D eigenvalue weighted by molar-refractivity contribution is -0.123. The minimum atomic E-state index is -0.324. The van der Waals surface area contributed by atoms with Crippen LogP contribution in [0.1, 0.15) is 22.6 Å². The van der Waals surface area contributed by atoms with E-state index in [0.717, 1.165) is 16.9 Å². The zero-order valence-electron chi connectivity index (χ0n) is 12.3. The Bertz CT molecular complexity index is 659. The number of aryl methyl sites for hydroxylation is 2. The third-order valence-corrected chi connectivity index (χ3v) is 3.06. The molecular weight excluding hydrogens is 268 g/mol. The smallest absolute Gasteiger partial charge is 0.277 e. The molecule has 0 aliphatic rings. The molecule has 0 saturated carbocycles. The van der Waals surface area contributed by atoms with E-state index in [1.54, 1.807) is 6.07 Å². The van der Waals surface area contributed by atoms with Crippen LogP contribution in [0, 0.1) is 20.8 Å². The SMILES string of the molecule is Cc1ccc(/C=N\NC(=O)COc2cccc(C)c2C)o1. The summed E-state index contributed by atoms with van der Waals surface area (Å²) in [6.07, 6.45) is 1.45. The first-order valence-corrected chi connectivity index (χ1v) is 6.63. The van der Waals surface area contributed by atoms with Crippen LogP contribution in [0.15, 0.2) is 39.9 Å². The molecule has 0 unspecified atom stereocenters. The van der Waals surface area contributed by atoms with Gasteiger partial charge in [-0.05, 0) is 50.1 Å². The zero-order valence-corrected chi connectivity index (χ0v) is 12.3. The van der Waals surface area contributed by atoms with Crippen molar-refractivity contribution >= 4 is 12.1 Å². The van der Waals surface area contributed by atoms with Crippen molar-refractivity contribution in [3.63, 3.8) is 0 Å². The molecule has 0 bridgehead atoms. The number of furan rings is 1. The first kappa shape index (κ1) is 14.8. The topological polar surface area (TPSA) is 63.8 Å². The van der Waals surface area contributed by atoms with Gasteiger partial charge in [0.25, 0.3) is 5.91 Å². The number of hydrazone groups is 1. The number of ether oxygens (including phenoxy) is 1. The number of hydrogen-bond donors (Lipinski definition) is 1. The maximum absolute atomic E-state index is 11.6. The van der Waals surface area contributed by atoms with Crippen molar-refractivity contribution in [2.24, 2.45) is 5.10 Å². The van der Waals surface area contributed by atoms with Crippen LogP contribution in [0.5, 0.6) is 5.75 Å². The van der Waals surface area contributed by atoms with Gasteiger partial charge in [0.1, 0.15) is 17.3 Å². The summed E-state index contributed by atoms with van der Waals surface area (Å²) in [7, 11) is 0. The molecule has 1 aromatic heterocycles. The van der Waals surface area contributed by atoms with E-state index >= 15 is 0 Å². The van der Waals surface area contributed by atoms with Crippen LogP contribution in [0.2, 0.25) is 0 Å². The van der Waals surface area contributed by atoms with E-state index < -0.39 is 0 Å². The van der Waals surface area contributed by atoms with Gasteiger partial charge in [-0.25, -0.2) is 5.43 Å². The third-order valence-electron chi connectivity index (χ3n) is 3.06. The molecule has 1 heterocycles. The minimum absolute atomic E-state index is 0.0845. The molecule has 110 valence electrons. The normalized spacial score (nSPS) is 10.8. The molecule has 1 aromatic carbocycles. The Labute approximate surface area is 123 Å². The highest BCUT2D eigenvalue weighted by Crippen LogP contribution is 2.20. The van der Waals surface area contributed by atoms with Crippen molar-refractivity contribution in [1.29, 1.82) is 0 Å². The fourth-order valence-electron chi connectivity index (χ4n) is 1.75. The second-order valence-corrected chi connectivity index (χ2v) is 4.73. The maximum atomic E-state index is 11.6. The van der Waals surface area contributed by atoms with Crippen LogP contribution >= 0.6 is 0 Å². The molecule has 0 radical (unpaired) electrons. The summed E-state index contributed by atoms with van der Waals surface area (Å²) in [5.41, 5.74) is 4.54. The van der Waals surface area contributed by atoms with Gasteiger partial charge >= 0.3 is 0 Å². The van der Waals surface area contributed by atoms with Gasteiger partial charge in [0.2, 0.25) is 0 Å². The first-order chi connectivity index (χ1) is 10.1. The van der Waals surface area contributed by atoms with E-state index in [1.165, 1.54) is 6.21 Å². The Hall–Kier alpha value is -2.56. The molecular formula is C16H18N2O3. The Morgan fingerprint density at radius 1 is 1.29 bits per heavy atom. The third kappa shape index (κ3) is 4.21. The summed E-state index contributed by atoms with van der Waals surface area (Å²) in [5, 5.41) is 3.81. The summed E-state index contributed by atoms with van der Waals surface area (Å²) in [5.74, 6) is 1.76. The number of carbonyl (C=O) groups is 1. The second-order valence-electron chi connectivity index (χ2n) is 4.73. The molecule has 21 heavy (non-hydrogen) atoms. The number of benzene rings is 1. The zero-order chi connectivity index (χ0) is 15.2. The van der Waals surface area contributed by atoms with Crippen molar-refractivity contribution in [2.75, 3.05) is 6.61 Å². The molecule has 0 saturated heterocycles. The number of carbonyl (C=O) groups excluding carboxylic acids is 1. The van der Waals surface area contributed by atoms with Gasteiger partial charge < -0.3 is 9.15 Å². The van der Waals surface area contributed by atoms with Gasteiger partial charge in [0, 0.05) is 0 Å². The van der Waals surface area contributed by atoms with E-state index in [9.17, 15) is 4.79 Å². The average Bonchev–Trinajstić information content (AvgIpc) is 2.86. The summed E-state index contributed by atoms with van der Waals surface area (Å²) < 4.78 is 10.8. The highest BCUT2D eigenvalue weighted by atomic mass is 16.5. The molecule has 0 fully saturated rings. The van der Waals surface area contributed by atoms with Gasteiger partial charge in [-0.1, -0.05) is 12.1 Å². The quantitative estimate of drug-likeness (QED) is 0.679. The number of amides is 1. The summed E-state index contributed by atoms with van der Waals surface area (Å²) >= 11 is 0. The minimum Gasteiger partial charge on any atom is -0.483 e. The fraction of sp³-hybridized carbons (Fsp3) is 0.250. The highest BCUT2D eigenvalue weighted by Gasteiger charge is 2.05. The molecule has 5 heteroatoms. The van der Waals surface area contributed by atoms with Gasteiger partial charge in [0.15, 0.2) is 6.61 Å².